The van der Waals surface area contributed by atoms with E-state index in [2.05, 4.69) is 15.0 Å². The lowest BCUT2D eigenvalue weighted by molar-refractivity contribution is 0.391. The molecular weight excluding hydrogens is 278 g/mol. The van der Waals surface area contributed by atoms with Crippen molar-refractivity contribution in [2.75, 3.05) is 7.05 Å². The second kappa shape index (κ2) is 6.17. The Morgan fingerprint density at radius 3 is 2.75 bits per heavy atom. The lowest BCUT2D eigenvalue weighted by Crippen LogP contribution is -2.19. The van der Waals surface area contributed by atoms with Crippen LogP contribution in [0.5, 0.6) is 0 Å². The van der Waals surface area contributed by atoms with Crippen LogP contribution < -0.4 is 10.0 Å². The maximum atomic E-state index is 11.5. The Morgan fingerprint density at radius 1 is 1.30 bits per heavy atom. The highest BCUT2D eigenvalue weighted by atomic mass is 32.2. The van der Waals surface area contributed by atoms with Crippen LogP contribution >= 0.6 is 0 Å². The van der Waals surface area contributed by atoms with Crippen LogP contribution in [0, 0.1) is 0 Å². The summed E-state index contributed by atoms with van der Waals surface area (Å²) in [6, 6.07) is 8.83. The van der Waals surface area contributed by atoms with E-state index < -0.39 is 10.0 Å². The monoisotopic (exact) mass is 295 g/mol. The largest absolute Gasteiger partial charge is 0.447 e. The number of nitrogens with zero attached hydrogens (tertiary/aromatic N) is 1. The topological polar surface area (TPSA) is 84.2 Å². The van der Waals surface area contributed by atoms with Gasteiger partial charge < -0.3 is 9.73 Å². The van der Waals surface area contributed by atoms with Crippen LogP contribution in [0.4, 0.5) is 0 Å². The number of hydrogen-bond donors (Lipinski definition) is 2. The maximum absolute atomic E-state index is 11.5. The van der Waals surface area contributed by atoms with Crippen LogP contribution in [0.2, 0.25) is 0 Å². The van der Waals surface area contributed by atoms with E-state index in [1.54, 1.807) is 12.3 Å². The summed E-state index contributed by atoms with van der Waals surface area (Å²) in [5.41, 5.74) is 0.919. The molecule has 0 aliphatic carbocycles. The van der Waals surface area contributed by atoms with E-state index in [1.807, 2.05) is 25.1 Å². The van der Waals surface area contributed by atoms with E-state index in [-0.39, 0.29) is 11.1 Å². The maximum Gasteiger partial charge on any atom is 0.273 e. The lowest BCUT2D eigenvalue weighted by Gasteiger charge is -2.11. The molecule has 0 fully saturated rings. The van der Waals surface area contributed by atoms with Crippen molar-refractivity contribution in [3.8, 4) is 0 Å². The number of aromatic nitrogens is 1. The molecule has 2 aromatic heterocycles. The molecule has 0 unspecified atom stereocenters. The fraction of sp³-hybridized carbons (Fsp3) is 0.308. The van der Waals surface area contributed by atoms with Crippen LogP contribution in [0.1, 0.15) is 24.4 Å². The SMILES string of the molecule is CNS(=O)(=O)c1ccc(CN[C@H](C)c2ccccn2)o1. The summed E-state index contributed by atoms with van der Waals surface area (Å²) < 4.78 is 30.6. The first-order chi connectivity index (χ1) is 9.53. The van der Waals surface area contributed by atoms with E-state index in [1.165, 1.54) is 13.1 Å². The molecule has 2 rings (SSSR count). The van der Waals surface area contributed by atoms with Crippen molar-refractivity contribution in [3.63, 3.8) is 0 Å². The summed E-state index contributed by atoms with van der Waals surface area (Å²) >= 11 is 0. The fourth-order valence-corrected chi connectivity index (χ4v) is 2.35. The van der Waals surface area contributed by atoms with Crippen molar-refractivity contribution in [2.45, 2.75) is 24.6 Å². The predicted molar refractivity (Wildman–Crippen MR) is 74.4 cm³/mol. The smallest absolute Gasteiger partial charge is 0.273 e. The zero-order chi connectivity index (χ0) is 14.6. The molecule has 0 aliphatic rings. The molecule has 0 amide bonds. The average molecular weight is 295 g/mol. The number of sulfonamides is 1. The number of nitrogens with one attached hydrogen (secondary N) is 2. The molecule has 0 spiro atoms. The van der Waals surface area contributed by atoms with Crippen LogP contribution in [0.15, 0.2) is 46.0 Å². The molecule has 20 heavy (non-hydrogen) atoms. The van der Waals surface area contributed by atoms with Crippen molar-refractivity contribution >= 4 is 10.0 Å². The quantitative estimate of drug-likeness (QED) is 0.842. The molecule has 0 saturated carbocycles. The van der Waals surface area contributed by atoms with Gasteiger partial charge in [-0.05, 0) is 38.2 Å². The highest BCUT2D eigenvalue weighted by molar-refractivity contribution is 7.89. The number of pyridine rings is 1. The van der Waals surface area contributed by atoms with Crippen molar-refractivity contribution in [3.05, 3.63) is 48.0 Å². The second-order valence-corrected chi connectivity index (χ2v) is 6.10. The van der Waals surface area contributed by atoms with Crippen LogP contribution in [0.25, 0.3) is 0 Å². The van der Waals surface area contributed by atoms with Crippen molar-refractivity contribution < 1.29 is 12.8 Å². The third-order valence-corrected chi connectivity index (χ3v) is 4.17. The third-order valence-electron chi connectivity index (χ3n) is 2.88. The molecule has 0 bridgehead atoms. The van der Waals surface area contributed by atoms with Gasteiger partial charge >= 0.3 is 0 Å². The van der Waals surface area contributed by atoms with Gasteiger partial charge in [-0.2, -0.15) is 0 Å². The third kappa shape index (κ3) is 3.44. The Balaban J connectivity index is 1.99. The van der Waals surface area contributed by atoms with Gasteiger partial charge in [0.25, 0.3) is 10.0 Å². The average Bonchev–Trinajstić information content (AvgIpc) is 2.95. The normalized spacial score (nSPS) is 13.3. The van der Waals surface area contributed by atoms with E-state index in [9.17, 15) is 8.42 Å². The van der Waals surface area contributed by atoms with Crippen molar-refractivity contribution in [1.29, 1.82) is 0 Å². The Bertz CT molecular complexity index is 653. The highest BCUT2D eigenvalue weighted by Gasteiger charge is 2.16. The summed E-state index contributed by atoms with van der Waals surface area (Å²) in [7, 11) is -2.18. The minimum absolute atomic E-state index is 0.0469. The van der Waals surface area contributed by atoms with E-state index >= 15 is 0 Å². The molecule has 0 aromatic carbocycles. The van der Waals surface area contributed by atoms with Gasteiger partial charge in [-0.1, -0.05) is 6.07 Å². The van der Waals surface area contributed by atoms with Crippen molar-refractivity contribution in [2.24, 2.45) is 0 Å². The van der Waals surface area contributed by atoms with Gasteiger partial charge in [0.15, 0.2) is 0 Å². The molecule has 108 valence electrons. The van der Waals surface area contributed by atoms with Crippen LogP contribution in [0.3, 0.4) is 0 Å². The van der Waals surface area contributed by atoms with Gasteiger partial charge in [-0.3, -0.25) is 4.98 Å². The van der Waals surface area contributed by atoms with Gasteiger partial charge in [0.05, 0.1) is 12.2 Å². The van der Waals surface area contributed by atoms with E-state index in [0.29, 0.717) is 12.3 Å². The molecule has 6 nitrogen and oxygen atoms in total. The van der Waals surface area contributed by atoms with Gasteiger partial charge in [-0.15, -0.1) is 0 Å². The Labute approximate surface area is 118 Å². The van der Waals surface area contributed by atoms with Gasteiger partial charge in [0, 0.05) is 12.2 Å². The number of rotatable bonds is 6. The van der Waals surface area contributed by atoms with Crippen LogP contribution in [-0.4, -0.2) is 20.4 Å². The van der Waals surface area contributed by atoms with Gasteiger partial charge in [0.1, 0.15) is 5.76 Å². The molecule has 2 heterocycles. The first-order valence-electron chi connectivity index (χ1n) is 6.19. The summed E-state index contributed by atoms with van der Waals surface area (Å²) in [5.74, 6) is 0.557. The Kier molecular flexibility index (Phi) is 4.53. The predicted octanol–water partition coefficient (Wildman–Crippen LogP) is 1.43. The molecular formula is C13H17N3O3S. The summed E-state index contributed by atoms with van der Waals surface area (Å²) in [6.45, 7) is 2.41. The molecule has 2 N–H and O–H groups in total. The lowest BCUT2D eigenvalue weighted by atomic mass is 10.2. The molecule has 7 heteroatoms. The minimum atomic E-state index is -3.52. The first-order valence-corrected chi connectivity index (χ1v) is 7.68. The van der Waals surface area contributed by atoms with E-state index in [4.69, 9.17) is 4.42 Å². The van der Waals surface area contributed by atoms with Crippen LogP contribution in [-0.2, 0) is 16.6 Å². The molecule has 0 aliphatic heterocycles. The second-order valence-electron chi connectivity index (χ2n) is 4.29. The fourth-order valence-electron chi connectivity index (χ4n) is 1.69. The zero-order valence-electron chi connectivity index (χ0n) is 11.3. The summed E-state index contributed by atoms with van der Waals surface area (Å²) in [4.78, 5) is 4.25. The summed E-state index contributed by atoms with van der Waals surface area (Å²) in [6.07, 6.45) is 1.73. The molecule has 1 atom stereocenters. The summed E-state index contributed by atoms with van der Waals surface area (Å²) in [5, 5.41) is 3.15. The highest BCUT2D eigenvalue weighted by Crippen LogP contribution is 2.15. The Hall–Kier alpha value is -1.70. The molecule has 2 aromatic rings. The molecule has 0 saturated heterocycles. The van der Waals surface area contributed by atoms with Gasteiger partial charge in [-0.25, -0.2) is 13.1 Å². The molecule has 0 radical (unpaired) electrons. The zero-order valence-corrected chi connectivity index (χ0v) is 12.1. The van der Waals surface area contributed by atoms with Crippen molar-refractivity contribution in [1.82, 2.24) is 15.0 Å². The Morgan fingerprint density at radius 2 is 2.10 bits per heavy atom. The number of hydrogen-bond acceptors (Lipinski definition) is 5. The minimum Gasteiger partial charge on any atom is -0.447 e. The first kappa shape index (κ1) is 14.7. The van der Waals surface area contributed by atoms with Gasteiger partial charge in [0.2, 0.25) is 5.09 Å². The number of furan rings is 1. The standard InChI is InChI=1S/C13H17N3O3S/c1-10(12-5-3-4-8-15-12)16-9-11-6-7-13(19-11)20(17,18)14-2/h3-8,10,14,16H,9H2,1-2H3/t10-/m1/s1. The van der Waals surface area contributed by atoms with E-state index in [0.717, 1.165) is 5.69 Å².